The highest BCUT2D eigenvalue weighted by Crippen LogP contribution is 2.28. The van der Waals surface area contributed by atoms with Crippen LogP contribution in [-0.2, 0) is 4.79 Å². The van der Waals surface area contributed by atoms with E-state index in [1.165, 1.54) is 0 Å². The van der Waals surface area contributed by atoms with Crippen molar-refractivity contribution in [3.63, 3.8) is 0 Å². The number of amides is 2. The van der Waals surface area contributed by atoms with Crippen LogP contribution in [0.15, 0.2) is 24.3 Å². The fourth-order valence-electron chi connectivity index (χ4n) is 1.86. The van der Waals surface area contributed by atoms with Crippen LogP contribution >= 0.6 is 0 Å². The monoisotopic (exact) mass is 305 g/mol. The molecule has 22 heavy (non-hydrogen) atoms. The molecule has 5 heteroatoms. The number of carbonyl (C=O) groups is 2. The Morgan fingerprint density at radius 2 is 1.86 bits per heavy atom. The van der Waals surface area contributed by atoms with Crippen LogP contribution in [0.3, 0.4) is 0 Å². The van der Waals surface area contributed by atoms with Gasteiger partial charge in [0.15, 0.2) is 0 Å². The number of nitrogens with two attached hydrogens (primary N) is 1. The van der Waals surface area contributed by atoms with Gasteiger partial charge in [-0.3, -0.25) is 9.59 Å². The van der Waals surface area contributed by atoms with Crippen LogP contribution in [0.1, 0.15) is 44.5 Å². The van der Waals surface area contributed by atoms with Crippen molar-refractivity contribution >= 4 is 17.5 Å². The zero-order valence-electron chi connectivity index (χ0n) is 13.9. The van der Waals surface area contributed by atoms with Gasteiger partial charge in [-0.15, -0.1) is 0 Å². The average Bonchev–Trinajstić information content (AvgIpc) is 2.44. The van der Waals surface area contributed by atoms with Gasteiger partial charge in [0, 0.05) is 19.5 Å². The summed E-state index contributed by atoms with van der Waals surface area (Å²) in [5.41, 5.74) is 6.43. The Balaban J connectivity index is 2.77. The number of anilines is 1. The minimum Gasteiger partial charge on any atom is -0.351 e. The highest BCUT2D eigenvalue weighted by atomic mass is 16.2. The van der Waals surface area contributed by atoms with Gasteiger partial charge in [-0.2, -0.15) is 0 Å². The SMILES string of the molecule is CC(CC(=O)Nc1ccccc1C(=O)NCCN)C(C)(C)C. The van der Waals surface area contributed by atoms with E-state index in [1.54, 1.807) is 24.3 Å². The van der Waals surface area contributed by atoms with Crippen molar-refractivity contribution in [2.75, 3.05) is 18.4 Å². The largest absolute Gasteiger partial charge is 0.351 e. The van der Waals surface area contributed by atoms with Crippen molar-refractivity contribution in [2.45, 2.75) is 34.1 Å². The summed E-state index contributed by atoms with van der Waals surface area (Å²) in [7, 11) is 0. The molecular formula is C17H27N3O2. The molecule has 0 saturated heterocycles. The third-order valence-electron chi connectivity index (χ3n) is 3.85. The lowest BCUT2D eigenvalue weighted by atomic mass is 9.80. The molecule has 0 radical (unpaired) electrons. The molecule has 4 N–H and O–H groups in total. The number of rotatable bonds is 6. The molecule has 0 saturated carbocycles. The quantitative estimate of drug-likeness (QED) is 0.754. The summed E-state index contributed by atoms with van der Waals surface area (Å²) >= 11 is 0. The Hall–Kier alpha value is -1.88. The maximum Gasteiger partial charge on any atom is 0.253 e. The van der Waals surface area contributed by atoms with Crippen LogP contribution in [0.25, 0.3) is 0 Å². The van der Waals surface area contributed by atoms with Gasteiger partial charge >= 0.3 is 0 Å². The maximum absolute atomic E-state index is 12.2. The van der Waals surface area contributed by atoms with E-state index in [-0.39, 0.29) is 23.1 Å². The van der Waals surface area contributed by atoms with Crippen LogP contribution in [0, 0.1) is 11.3 Å². The van der Waals surface area contributed by atoms with Crippen molar-refractivity contribution < 1.29 is 9.59 Å². The predicted octanol–water partition coefficient (Wildman–Crippen LogP) is 2.39. The summed E-state index contributed by atoms with van der Waals surface area (Å²) in [6.45, 7) is 9.17. The average molecular weight is 305 g/mol. The van der Waals surface area contributed by atoms with Crippen LogP contribution < -0.4 is 16.4 Å². The highest BCUT2D eigenvalue weighted by molar-refractivity contribution is 6.03. The first kappa shape index (κ1) is 18.2. The number of hydrogen-bond donors (Lipinski definition) is 3. The lowest BCUT2D eigenvalue weighted by Gasteiger charge is -2.26. The second-order valence-electron chi connectivity index (χ2n) is 6.61. The van der Waals surface area contributed by atoms with Crippen LogP contribution in [0.2, 0.25) is 0 Å². The zero-order chi connectivity index (χ0) is 16.8. The van der Waals surface area contributed by atoms with Crippen molar-refractivity contribution in [3.8, 4) is 0 Å². The smallest absolute Gasteiger partial charge is 0.253 e. The van der Waals surface area contributed by atoms with E-state index in [9.17, 15) is 9.59 Å². The molecule has 0 heterocycles. The summed E-state index contributed by atoms with van der Waals surface area (Å²) in [5, 5.41) is 5.55. The lowest BCUT2D eigenvalue weighted by Crippen LogP contribution is -2.30. The fraction of sp³-hybridized carbons (Fsp3) is 0.529. The van der Waals surface area contributed by atoms with E-state index in [0.29, 0.717) is 30.8 Å². The van der Waals surface area contributed by atoms with E-state index >= 15 is 0 Å². The normalized spacial score (nSPS) is 12.6. The van der Waals surface area contributed by atoms with Crippen LogP contribution in [-0.4, -0.2) is 24.9 Å². The van der Waals surface area contributed by atoms with Gasteiger partial charge in [0.25, 0.3) is 5.91 Å². The minimum atomic E-state index is -0.231. The predicted molar refractivity (Wildman–Crippen MR) is 89.7 cm³/mol. The Kier molecular flexibility index (Phi) is 6.56. The molecule has 0 bridgehead atoms. The van der Waals surface area contributed by atoms with Crippen molar-refractivity contribution in [1.29, 1.82) is 0 Å². The molecule has 2 amide bonds. The number of hydrogen-bond acceptors (Lipinski definition) is 3. The molecule has 0 aliphatic rings. The van der Waals surface area contributed by atoms with E-state index in [2.05, 4.69) is 38.3 Å². The molecule has 1 aromatic carbocycles. The molecule has 1 rings (SSSR count). The Labute approximate surface area is 132 Å². The molecule has 0 aromatic heterocycles. The second-order valence-corrected chi connectivity index (χ2v) is 6.61. The molecule has 0 fully saturated rings. The number of benzene rings is 1. The highest BCUT2D eigenvalue weighted by Gasteiger charge is 2.23. The molecular weight excluding hydrogens is 278 g/mol. The fourth-order valence-corrected chi connectivity index (χ4v) is 1.86. The van der Waals surface area contributed by atoms with E-state index in [1.807, 2.05) is 0 Å². The molecule has 1 atom stereocenters. The number of carbonyl (C=O) groups excluding carboxylic acids is 2. The summed E-state index contributed by atoms with van der Waals surface area (Å²) in [6.07, 6.45) is 0.419. The second kappa shape index (κ2) is 7.94. The van der Waals surface area contributed by atoms with Gasteiger partial charge in [0.2, 0.25) is 5.91 Å². The molecule has 1 unspecified atom stereocenters. The lowest BCUT2D eigenvalue weighted by molar-refractivity contribution is -0.117. The Morgan fingerprint density at radius 3 is 2.45 bits per heavy atom. The summed E-state index contributed by atoms with van der Waals surface area (Å²) in [6, 6.07) is 6.99. The summed E-state index contributed by atoms with van der Waals surface area (Å²) < 4.78 is 0. The van der Waals surface area contributed by atoms with Crippen molar-refractivity contribution in [2.24, 2.45) is 17.1 Å². The molecule has 0 aliphatic carbocycles. The van der Waals surface area contributed by atoms with Crippen molar-refractivity contribution in [1.82, 2.24) is 5.32 Å². The van der Waals surface area contributed by atoms with Crippen LogP contribution in [0.4, 0.5) is 5.69 Å². The van der Waals surface area contributed by atoms with Gasteiger partial charge in [-0.05, 0) is 23.5 Å². The first-order valence-electron chi connectivity index (χ1n) is 7.63. The standard InChI is InChI=1S/C17H27N3O2/c1-12(17(2,3)4)11-15(21)20-14-8-6-5-7-13(14)16(22)19-10-9-18/h5-8,12H,9-11,18H2,1-4H3,(H,19,22)(H,20,21). The van der Waals surface area contributed by atoms with Gasteiger partial charge in [0.05, 0.1) is 11.3 Å². The first-order valence-corrected chi connectivity index (χ1v) is 7.63. The number of para-hydroxylation sites is 1. The maximum atomic E-state index is 12.2. The van der Waals surface area contributed by atoms with Gasteiger partial charge in [0.1, 0.15) is 0 Å². The van der Waals surface area contributed by atoms with Gasteiger partial charge in [-0.25, -0.2) is 0 Å². The summed E-state index contributed by atoms with van der Waals surface area (Å²) in [5.74, 6) is -0.0718. The third kappa shape index (κ3) is 5.48. The topological polar surface area (TPSA) is 84.2 Å². The molecule has 122 valence electrons. The molecule has 5 nitrogen and oxygen atoms in total. The third-order valence-corrected chi connectivity index (χ3v) is 3.85. The van der Waals surface area contributed by atoms with E-state index in [4.69, 9.17) is 5.73 Å². The van der Waals surface area contributed by atoms with Gasteiger partial charge < -0.3 is 16.4 Å². The number of nitrogens with one attached hydrogen (secondary N) is 2. The summed E-state index contributed by atoms with van der Waals surface area (Å²) in [4.78, 5) is 24.3. The molecule has 0 spiro atoms. The van der Waals surface area contributed by atoms with E-state index < -0.39 is 0 Å². The minimum absolute atomic E-state index is 0.0648. The zero-order valence-corrected chi connectivity index (χ0v) is 13.9. The molecule has 0 aliphatic heterocycles. The van der Waals surface area contributed by atoms with Gasteiger partial charge in [-0.1, -0.05) is 39.8 Å². The first-order chi connectivity index (χ1) is 10.3. The van der Waals surface area contributed by atoms with Crippen molar-refractivity contribution in [3.05, 3.63) is 29.8 Å². The molecule has 1 aromatic rings. The van der Waals surface area contributed by atoms with Crippen LogP contribution in [0.5, 0.6) is 0 Å². The Bertz CT molecular complexity index is 521. The van der Waals surface area contributed by atoms with E-state index in [0.717, 1.165) is 0 Å². The Morgan fingerprint density at radius 1 is 1.23 bits per heavy atom.